The van der Waals surface area contributed by atoms with Crippen molar-refractivity contribution < 1.29 is 66.0 Å². The second-order valence-corrected chi connectivity index (χ2v) is 1.02. The smallest absolute Gasteiger partial charge is 0.834 e. The maximum atomic E-state index is 9.53. The molecule has 0 rings (SSSR count). The van der Waals surface area contributed by atoms with Crippen LogP contribution in [0.25, 0.3) is 0 Å². The Morgan fingerprint density at radius 3 is 2.38 bits per heavy atom. The zero-order chi connectivity index (χ0) is 5.54. The number of hydrogen-bond acceptors (Lipinski definition) is 3. The van der Waals surface area contributed by atoms with Gasteiger partial charge in [-0.05, 0) is 6.79 Å². The third-order valence-corrected chi connectivity index (χ3v) is 0.515. The molecule has 44 valence electrons. The topological polar surface area (TPSA) is 41.5 Å². The van der Waals surface area contributed by atoms with Gasteiger partial charge in [0.25, 0.3) is 0 Å². The first-order chi connectivity index (χ1) is 3.41. The monoisotopic (exact) mass is 144 g/mol. The molecule has 3 nitrogen and oxygen atoms in total. The van der Waals surface area contributed by atoms with Gasteiger partial charge in [-0.1, -0.05) is 0 Å². The van der Waals surface area contributed by atoms with Crippen LogP contribution in [0.1, 0.15) is 0 Å². The van der Waals surface area contributed by atoms with Crippen LogP contribution in [0.15, 0.2) is 0 Å². The van der Waals surface area contributed by atoms with Crippen LogP contribution >= 0.6 is 0 Å². The maximum absolute atomic E-state index is 9.53. The molecular weight excluding hydrogens is 135 g/mol. The van der Waals surface area contributed by atoms with E-state index in [1.807, 2.05) is 0 Å². The molecule has 0 atom stereocenters. The Hall–Kier alpha value is 1.52. The number of rotatable bonds is 4. The third-order valence-electron chi connectivity index (χ3n) is 0.515. The van der Waals surface area contributed by atoms with E-state index in [1.165, 1.54) is 0 Å². The zero-order valence-corrected chi connectivity index (χ0v) is 8.47. The predicted octanol–water partition coefficient (Wildman–Crippen LogP) is -4.03. The van der Waals surface area contributed by atoms with Gasteiger partial charge in [-0.2, -0.15) is 0 Å². The molecule has 0 saturated carbocycles. The van der Waals surface area contributed by atoms with Crippen molar-refractivity contribution in [2.24, 2.45) is 0 Å². The van der Waals surface area contributed by atoms with Crippen LogP contribution in [0.4, 0.5) is 0 Å². The van der Waals surface area contributed by atoms with Crippen LogP contribution in [0.2, 0.25) is 0 Å². The van der Waals surface area contributed by atoms with Crippen molar-refractivity contribution in [2.75, 3.05) is 27.1 Å². The Labute approximate surface area is 91.8 Å². The van der Waals surface area contributed by atoms with E-state index >= 15 is 0 Å². The number of hydrogen-bond donors (Lipinski definition) is 0. The summed E-state index contributed by atoms with van der Waals surface area (Å²) in [6.07, 6.45) is 0. The van der Waals surface area contributed by atoms with E-state index in [-0.39, 0.29) is 51.4 Å². The molecule has 0 aliphatic carbocycles. The Bertz CT molecular complexity index is 30.5. The molecule has 0 aliphatic rings. The van der Waals surface area contributed by atoms with Gasteiger partial charge in [0.2, 0.25) is 0 Å². The molecule has 0 amide bonds. The summed E-state index contributed by atoms with van der Waals surface area (Å²) < 4.78 is 8.97. The van der Waals surface area contributed by atoms with E-state index in [0.717, 1.165) is 0 Å². The van der Waals surface area contributed by atoms with Crippen LogP contribution in [0, 0.1) is 0 Å². The molecule has 4 heteroatoms. The minimum absolute atomic E-state index is 0. The molecule has 0 aromatic rings. The molecule has 0 aliphatic heterocycles. The van der Waals surface area contributed by atoms with Crippen LogP contribution in [0.3, 0.4) is 0 Å². The predicted molar refractivity (Wildman–Crippen MR) is 22.7 cm³/mol. The molecule has 0 spiro atoms. The summed E-state index contributed by atoms with van der Waals surface area (Å²) >= 11 is 0. The molecule has 0 unspecified atom stereocenters. The standard InChI is InChI=1S/C4H9O3.K/c1-6-2-3-7-4-5;/h2-4H2,1H3;/q-1;+1. The molecule has 0 aromatic heterocycles. The summed E-state index contributed by atoms with van der Waals surface area (Å²) in [5.74, 6) is 0. The van der Waals surface area contributed by atoms with Crippen LogP contribution in [-0.2, 0) is 9.47 Å². The van der Waals surface area contributed by atoms with Gasteiger partial charge in [0.1, 0.15) is 0 Å². The Balaban J connectivity index is 0. The summed E-state index contributed by atoms with van der Waals surface area (Å²) in [6, 6.07) is 0. The molecule has 0 heterocycles. The normalized spacial score (nSPS) is 8.25. The number of methoxy groups -OCH3 is 1. The second-order valence-electron chi connectivity index (χ2n) is 1.02. The summed E-state index contributed by atoms with van der Waals surface area (Å²) in [5.41, 5.74) is 0. The SMILES string of the molecule is COCCOC[O-].[K+]. The van der Waals surface area contributed by atoms with Crippen molar-refractivity contribution in [1.29, 1.82) is 0 Å². The van der Waals surface area contributed by atoms with Crippen molar-refractivity contribution in [3.8, 4) is 0 Å². The van der Waals surface area contributed by atoms with Gasteiger partial charge in [-0.15, -0.1) is 0 Å². The molecule has 0 N–H and O–H groups in total. The van der Waals surface area contributed by atoms with Crippen molar-refractivity contribution in [2.45, 2.75) is 0 Å². The van der Waals surface area contributed by atoms with E-state index in [4.69, 9.17) is 0 Å². The fraction of sp³-hybridized carbons (Fsp3) is 1.00. The molecule has 8 heavy (non-hydrogen) atoms. The third kappa shape index (κ3) is 10.5. The van der Waals surface area contributed by atoms with E-state index < -0.39 is 6.79 Å². The minimum Gasteiger partial charge on any atom is -0.834 e. The fourth-order valence-electron chi connectivity index (χ4n) is 0.201. The maximum Gasteiger partial charge on any atom is 1.00 e. The van der Waals surface area contributed by atoms with Crippen molar-refractivity contribution in [3.05, 3.63) is 0 Å². The first kappa shape index (κ1) is 12.2. The van der Waals surface area contributed by atoms with Gasteiger partial charge >= 0.3 is 51.4 Å². The van der Waals surface area contributed by atoms with Crippen LogP contribution in [0.5, 0.6) is 0 Å². The molecule has 0 radical (unpaired) electrons. The summed E-state index contributed by atoms with van der Waals surface area (Å²) in [6.45, 7) is 0.436. The van der Waals surface area contributed by atoms with Gasteiger partial charge in [0, 0.05) is 7.11 Å². The van der Waals surface area contributed by atoms with Crippen molar-refractivity contribution in [1.82, 2.24) is 0 Å². The fourth-order valence-corrected chi connectivity index (χ4v) is 0.201. The van der Waals surface area contributed by atoms with Gasteiger partial charge in [-0.3, -0.25) is 0 Å². The molecule has 0 bridgehead atoms. The molecule has 0 fully saturated rings. The van der Waals surface area contributed by atoms with E-state index in [2.05, 4.69) is 9.47 Å². The van der Waals surface area contributed by atoms with Crippen molar-refractivity contribution >= 4 is 0 Å². The van der Waals surface area contributed by atoms with Crippen LogP contribution < -0.4 is 56.5 Å². The summed E-state index contributed by atoms with van der Waals surface area (Å²) in [5, 5.41) is 9.53. The van der Waals surface area contributed by atoms with E-state index in [1.54, 1.807) is 7.11 Å². The molecule has 0 saturated heterocycles. The van der Waals surface area contributed by atoms with E-state index in [9.17, 15) is 5.11 Å². The number of ether oxygens (including phenoxy) is 2. The van der Waals surface area contributed by atoms with Gasteiger partial charge < -0.3 is 14.6 Å². The summed E-state index contributed by atoms with van der Waals surface area (Å²) in [4.78, 5) is 0. The Morgan fingerprint density at radius 1 is 1.38 bits per heavy atom. The van der Waals surface area contributed by atoms with Crippen LogP contribution in [-0.4, -0.2) is 27.1 Å². The Kier molecular flexibility index (Phi) is 17.3. The first-order valence-electron chi connectivity index (χ1n) is 2.06. The van der Waals surface area contributed by atoms with E-state index in [0.29, 0.717) is 13.2 Å². The minimum atomic E-state index is -0.469. The molecule has 0 aromatic carbocycles. The van der Waals surface area contributed by atoms with Gasteiger partial charge in [0.05, 0.1) is 13.2 Å². The summed E-state index contributed by atoms with van der Waals surface area (Å²) in [7, 11) is 1.56. The van der Waals surface area contributed by atoms with Crippen molar-refractivity contribution in [3.63, 3.8) is 0 Å². The molecular formula is C4H9KO3. The zero-order valence-electron chi connectivity index (χ0n) is 5.35. The first-order valence-corrected chi connectivity index (χ1v) is 2.06. The average Bonchev–Trinajstić information content (AvgIpc) is 1.69. The Morgan fingerprint density at radius 2 is 2.00 bits per heavy atom. The quantitative estimate of drug-likeness (QED) is 0.229. The average molecular weight is 144 g/mol. The second kappa shape index (κ2) is 11.3. The van der Waals surface area contributed by atoms with Gasteiger partial charge in [0.15, 0.2) is 0 Å². The van der Waals surface area contributed by atoms with Gasteiger partial charge in [-0.25, -0.2) is 0 Å². The largest absolute Gasteiger partial charge is 1.00 e.